The molecule has 1 aliphatic rings. The minimum atomic E-state index is 0. The summed E-state index contributed by atoms with van der Waals surface area (Å²) in [7, 11) is 0. The quantitative estimate of drug-likeness (QED) is 0.248. The van der Waals surface area contributed by atoms with Gasteiger partial charge in [-0.15, -0.1) is 24.0 Å². The van der Waals surface area contributed by atoms with Crippen molar-refractivity contribution >= 4 is 29.9 Å². The molecule has 6 heteroatoms. The predicted molar refractivity (Wildman–Crippen MR) is 119 cm³/mol. The van der Waals surface area contributed by atoms with Crippen molar-refractivity contribution in [3.05, 3.63) is 0 Å². The van der Waals surface area contributed by atoms with Gasteiger partial charge in [-0.05, 0) is 51.5 Å². The Hall–Kier alpha value is -0.0800. The van der Waals surface area contributed by atoms with Crippen LogP contribution in [0.25, 0.3) is 0 Å². The van der Waals surface area contributed by atoms with E-state index in [1.165, 1.54) is 45.3 Å². The summed E-state index contributed by atoms with van der Waals surface area (Å²) >= 11 is 0. The van der Waals surface area contributed by atoms with Crippen LogP contribution in [0.5, 0.6) is 0 Å². The molecule has 1 aliphatic heterocycles. The average molecular weight is 468 g/mol. The third-order valence-corrected chi connectivity index (χ3v) is 4.84. The zero-order chi connectivity index (χ0) is 17.6. The molecule has 0 aromatic rings. The highest BCUT2D eigenvalue weighted by atomic mass is 127. The zero-order valence-electron chi connectivity index (χ0n) is 16.6. The summed E-state index contributed by atoms with van der Waals surface area (Å²) in [6, 6.07) is 0.531. The number of aliphatic hydroxyl groups is 1. The van der Waals surface area contributed by atoms with E-state index in [-0.39, 0.29) is 30.6 Å². The van der Waals surface area contributed by atoms with E-state index in [1.807, 2.05) is 0 Å². The molecule has 1 fully saturated rings. The number of guanidine groups is 1. The van der Waals surface area contributed by atoms with Crippen LogP contribution < -0.4 is 10.6 Å². The maximum atomic E-state index is 9.19. The Morgan fingerprint density at radius 1 is 1.16 bits per heavy atom. The normalized spacial score (nSPS) is 17.8. The predicted octanol–water partition coefficient (Wildman–Crippen LogP) is 3.22. The van der Waals surface area contributed by atoms with E-state index in [4.69, 9.17) is 4.99 Å². The van der Waals surface area contributed by atoms with E-state index >= 15 is 0 Å². The Balaban J connectivity index is 0.00000576. The molecule has 0 amide bonds. The summed E-state index contributed by atoms with van der Waals surface area (Å²) in [5, 5.41) is 16.2. The van der Waals surface area contributed by atoms with Gasteiger partial charge in [0.15, 0.2) is 5.96 Å². The topological polar surface area (TPSA) is 59.9 Å². The third-order valence-electron chi connectivity index (χ3n) is 4.84. The molecule has 1 heterocycles. The fourth-order valence-corrected chi connectivity index (χ4v) is 3.33. The molecular weight excluding hydrogens is 427 g/mol. The second kappa shape index (κ2) is 16.1. The Morgan fingerprint density at radius 2 is 1.88 bits per heavy atom. The molecule has 1 atom stereocenters. The first-order chi connectivity index (χ1) is 11.7. The number of aliphatic hydroxyl groups excluding tert-OH is 1. The molecule has 3 N–H and O–H groups in total. The number of unbranched alkanes of at least 4 members (excludes halogenated alkanes) is 1. The Bertz CT molecular complexity index is 327. The molecule has 150 valence electrons. The number of hydrogen-bond donors (Lipinski definition) is 3. The van der Waals surface area contributed by atoms with Gasteiger partial charge in [0.25, 0.3) is 0 Å². The van der Waals surface area contributed by atoms with Crippen molar-refractivity contribution in [1.82, 2.24) is 15.5 Å². The van der Waals surface area contributed by atoms with Crippen LogP contribution in [0, 0.1) is 5.92 Å². The van der Waals surface area contributed by atoms with Gasteiger partial charge in [-0.25, -0.2) is 0 Å². The number of aliphatic imine (C=N–C) groups is 1. The molecule has 25 heavy (non-hydrogen) atoms. The van der Waals surface area contributed by atoms with Gasteiger partial charge >= 0.3 is 0 Å². The van der Waals surface area contributed by atoms with Crippen molar-refractivity contribution in [2.45, 2.75) is 71.8 Å². The monoisotopic (exact) mass is 468 g/mol. The van der Waals surface area contributed by atoms with Crippen LogP contribution in [-0.4, -0.2) is 61.3 Å². The minimum Gasteiger partial charge on any atom is -0.396 e. The first-order valence-corrected chi connectivity index (χ1v) is 10.1. The van der Waals surface area contributed by atoms with Gasteiger partial charge in [-0.2, -0.15) is 0 Å². The van der Waals surface area contributed by atoms with E-state index in [0.717, 1.165) is 38.3 Å². The fourth-order valence-electron chi connectivity index (χ4n) is 3.33. The highest BCUT2D eigenvalue weighted by Crippen LogP contribution is 2.13. The number of halogens is 1. The number of hydrogen-bond acceptors (Lipinski definition) is 3. The summed E-state index contributed by atoms with van der Waals surface area (Å²) in [5.74, 6) is 1.44. The Morgan fingerprint density at radius 3 is 2.44 bits per heavy atom. The second-order valence-electron chi connectivity index (χ2n) is 7.00. The highest BCUT2D eigenvalue weighted by molar-refractivity contribution is 14.0. The number of piperidine rings is 1. The van der Waals surface area contributed by atoms with E-state index in [9.17, 15) is 5.11 Å². The first-order valence-electron chi connectivity index (χ1n) is 10.1. The van der Waals surface area contributed by atoms with Crippen molar-refractivity contribution < 1.29 is 5.11 Å². The third kappa shape index (κ3) is 11.3. The second-order valence-corrected chi connectivity index (χ2v) is 7.00. The number of nitrogens with zero attached hydrogens (tertiary/aromatic N) is 2. The van der Waals surface area contributed by atoms with Crippen LogP contribution >= 0.6 is 24.0 Å². The van der Waals surface area contributed by atoms with Gasteiger partial charge in [-0.1, -0.05) is 26.7 Å². The van der Waals surface area contributed by atoms with E-state index in [2.05, 4.69) is 36.3 Å². The van der Waals surface area contributed by atoms with Gasteiger partial charge in [0, 0.05) is 38.8 Å². The Labute approximate surface area is 172 Å². The minimum absolute atomic E-state index is 0. The molecule has 1 unspecified atom stereocenters. The fraction of sp³-hybridized carbons (Fsp3) is 0.947. The lowest BCUT2D eigenvalue weighted by Gasteiger charge is -2.33. The molecule has 0 radical (unpaired) electrons. The van der Waals surface area contributed by atoms with Gasteiger partial charge in [0.05, 0.1) is 0 Å². The largest absolute Gasteiger partial charge is 0.396 e. The molecule has 1 rings (SSSR count). The summed E-state index contributed by atoms with van der Waals surface area (Å²) in [6.07, 6.45) is 8.13. The van der Waals surface area contributed by atoms with Gasteiger partial charge in [0.2, 0.25) is 0 Å². The number of nitrogens with one attached hydrogen (secondary N) is 2. The smallest absolute Gasteiger partial charge is 0.191 e. The van der Waals surface area contributed by atoms with Gasteiger partial charge in [0.1, 0.15) is 0 Å². The van der Waals surface area contributed by atoms with E-state index in [0.29, 0.717) is 12.0 Å². The maximum absolute atomic E-state index is 9.19. The lowest BCUT2D eigenvalue weighted by Crippen LogP contribution is -2.49. The molecule has 0 bridgehead atoms. The average Bonchev–Trinajstić information content (AvgIpc) is 2.59. The first kappa shape index (κ1) is 24.9. The van der Waals surface area contributed by atoms with Crippen molar-refractivity contribution in [2.24, 2.45) is 10.9 Å². The van der Waals surface area contributed by atoms with Gasteiger partial charge < -0.3 is 20.6 Å². The molecule has 5 nitrogen and oxygen atoms in total. The Kier molecular flexibility index (Phi) is 16.1. The number of rotatable bonds is 11. The molecular formula is C19H41IN4O. The SMILES string of the molecule is CCCCN1CCC(NC(=NCC(CCC)CCO)NCC)CC1.I. The van der Waals surface area contributed by atoms with Crippen LogP contribution in [0.3, 0.4) is 0 Å². The summed E-state index contributed by atoms with van der Waals surface area (Å²) in [4.78, 5) is 7.37. The molecule has 0 aromatic carbocycles. The highest BCUT2D eigenvalue weighted by Gasteiger charge is 2.19. The van der Waals surface area contributed by atoms with E-state index < -0.39 is 0 Å². The van der Waals surface area contributed by atoms with Gasteiger partial charge in [-0.3, -0.25) is 4.99 Å². The van der Waals surface area contributed by atoms with Crippen LogP contribution in [-0.2, 0) is 0 Å². The van der Waals surface area contributed by atoms with Crippen LogP contribution in [0.2, 0.25) is 0 Å². The van der Waals surface area contributed by atoms with Crippen LogP contribution in [0.4, 0.5) is 0 Å². The van der Waals surface area contributed by atoms with Crippen LogP contribution in [0.15, 0.2) is 4.99 Å². The molecule has 0 saturated carbocycles. The lowest BCUT2D eigenvalue weighted by molar-refractivity contribution is 0.203. The summed E-state index contributed by atoms with van der Waals surface area (Å²) < 4.78 is 0. The van der Waals surface area contributed by atoms with E-state index in [1.54, 1.807) is 0 Å². The number of likely N-dealkylation sites (tertiary alicyclic amines) is 1. The zero-order valence-corrected chi connectivity index (χ0v) is 18.9. The van der Waals surface area contributed by atoms with Crippen molar-refractivity contribution in [3.63, 3.8) is 0 Å². The summed E-state index contributed by atoms with van der Waals surface area (Å²) in [5.41, 5.74) is 0. The molecule has 1 saturated heterocycles. The molecule has 0 spiro atoms. The summed E-state index contributed by atoms with van der Waals surface area (Å²) in [6.45, 7) is 12.2. The van der Waals surface area contributed by atoms with Crippen molar-refractivity contribution in [3.8, 4) is 0 Å². The standard InChI is InChI=1S/C19H40N4O.HI/c1-4-7-12-23-13-9-18(10-14-23)22-19(20-6-3)21-16-17(8-5-2)11-15-24;/h17-18,24H,4-16H2,1-3H3,(H2,20,21,22);1H. The molecule has 0 aliphatic carbocycles. The van der Waals surface area contributed by atoms with Crippen LogP contribution in [0.1, 0.15) is 65.7 Å². The lowest BCUT2D eigenvalue weighted by atomic mass is 10.0. The van der Waals surface area contributed by atoms with Crippen molar-refractivity contribution in [1.29, 1.82) is 0 Å². The maximum Gasteiger partial charge on any atom is 0.191 e. The molecule has 0 aromatic heterocycles. The van der Waals surface area contributed by atoms with Crippen molar-refractivity contribution in [2.75, 3.05) is 39.3 Å².